The van der Waals surface area contributed by atoms with Crippen LogP contribution in [0.5, 0.6) is 0 Å². The summed E-state index contributed by atoms with van der Waals surface area (Å²) in [6.45, 7) is 12.6. The maximum Gasteiger partial charge on any atom is 0.307 e. The van der Waals surface area contributed by atoms with E-state index in [0.717, 1.165) is 13.1 Å². The molecule has 12 heavy (non-hydrogen) atoms. The van der Waals surface area contributed by atoms with Gasteiger partial charge in [-0.1, -0.05) is 34.6 Å². The third-order valence-corrected chi connectivity index (χ3v) is 8.13. The molecule has 0 aromatic heterocycles. The van der Waals surface area contributed by atoms with Crippen molar-refractivity contribution in [2.45, 2.75) is 39.7 Å². The fourth-order valence-electron chi connectivity index (χ4n) is 1.08. The molecule has 0 rings (SSSR count). The topological polar surface area (TPSA) is 24.1 Å². The molecule has 0 saturated carbocycles. The lowest BCUT2D eigenvalue weighted by Crippen LogP contribution is -2.63. The van der Waals surface area contributed by atoms with Crippen LogP contribution in [0, 0.1) is 0 Å². The zero-order chi connectivity index (χ0) is 9.83. The standard InChI is InChI=1S/C8H21ClN2Si/c1-6-10-12(9,11-7-2)8(3,4)5/h10-11H,6-7H2,1-5H3. The Morgan fingerprint density at radius 1 is 1.08 bits per heavy atom. The third-order valence-electron chi connectivity index (χ3n) is 1.87. The average Bonchev–Trinajstić information content (AvgIpc) is 1.86. The molecule has 0 aliphatic heterocycles. The first kappa shape index (κ1) is 12.4. The Morgan fingerprint density at radius 2 is 1.42 bits per heavy atom. The van der Waals surface area contributed by atoms with Gasteiger partial charge in [-0.3, -0.25) is 0 Å². The number of halogens is 1. The SMILES string of the molecule is CCN[Si](Cl)(NCC)C(C)(C)C. The molecule has 0 heterocycles. The summed E-state index contributed by atoms with van der Waals surface area (Å²) in [5, 5.41) is 0.139. The zero-order valence-electron chi connectivity index (χ0n) is 8.79. The highest BCUT2D eigenvalue weighted by atomic mass is 35.6. The van der Waals surface area contributed by atoms with Gasteiger partial charge in [0.05, 0.1) is 0 Å². The number of hydrogen-bond donors (Lipinski definition) is 2. The number of nitrogens with one attached hydrogen (secondary N) is 2. The van der Waals surface area contributed by atoms with Crippen molar-refractivity contribution in [1.29, 1.82) is 0 Å². The second kappa shape index (κ2) is 4.60. The lowest BCUT2D eigenvalue weighted by Gasteiger charge is -2.37. The van der Waals surface area contributed by atoms with Gasteiger partial charge >= 0.3 is 7.71 Å². The van der Waals surface area contributed by atoms with Gasteiger partial charge in [0.15, 0.2) is 0 Å². The molecule has 2 N–H and O–H groups in total. The molecular formula is C8H21ClN2Si. The van der Waals surface area contributed by atoms with E-state index in [2.05, 4.69) is 44.6 Å². The molecule has 4 heteroatoms. The summed E-state index contributed by atoms with van der Waals surface area (Å²) in [6, 6.07) is 0. The maximum atomic E-state index is 6.53. The van der Waals surface area contributed by atoms with Gasteiger partial charge in [0.2, 0.25) is 0 Å². The third kappa shape index (κ3) is 3.05. The second-order valence-corrected chi connectivity index (χ2v) is 9.19. The molecule has 74 valence electrons. The van der Waals surface area contributed by atoms with Crippen LogP contribution in [0.1, 0.15) is 34.6 Å². The van der Waals surface area contributed by atoms with Gasteiger partial charge in [-0.15, -0.1) is 11.1 Å². The normalized spacial score (nSPS) is 13.5. The Bertz CT molecular complexity index is 128. The summed E-state index contributed by atoms with van der Waals surface area (Å²) in [5.41, 5.74) is 0. The van der Waals surface area contributed by atoms with Gasteiger partial charge in [0, 0.05) is 0 Å². The largest absolute Gasteiger partial charge is 0.313 e. The van der Waals surface area contributed by atoms with Gasteiger partial charge in [-0.05, 0) is 18.1 Å². The molecular weight excluding hydrogens is 188 g/mol. The van der Waals surface area contributed by atoms with Crippen LogP contribution in [-0.4, -0.2) is 20.8 Å². The molecule has 0 aliphatic carbocycles. The first-order chi connectivity index (χ1) is 5.37. The highest BCUT2D eigenvalue weighted by Gasteiger charge is 2.42. The van der Waals surface area contributed by atoms with Crippen LogP contribution >= 0.6 is 11.1 Å². The first-order valence-electron chi connectivity index (χ1n) is 4.56. The van der Waals surface area contributed by atoms with Crippen LogP contribution in [0.15, 0.2) is 0 Å². The number of rotatable bonds is 4. The zero-order valence-corrected chi connectivity index (χ0v) is 10.5. The van der Waals surface area contributed by atoms with Crippen LogP contribution in [-0.2, 0) is 0 Å². The Kier molecular flexibility index (Phi) is 4.77. The monoisotopic (exact) mass is 208 g/mol. The first-order valence-corrected chi connectivity index (χ1v) is 7.57. The van der Waals surface area contributed by atoms with Crippen LogP contribution in [0.3, 0.4) is 0 Å². The Morgan fingerprint density at radius 3 is 1.58 bits per heavy atom. The fraction of sp³-hybridized carbons (Fsp3) is 1.00. The highest BCUT2D eigenvalue weighted by Crippen LogP contribution is 2.34. The molecule has 0 atom stereocenters. The Labute approximate surface area is 81.9 Å². The van der Waals surface area contributed by atoms with E-state index >= 15 is 0 Å². The van der Waals surface area contributed by atoms with Gasteiger partial charge in [0.1, 0.15) is 0 Å². The molecule has 0 spiro atoms. The van der Waals surface area contributed by atoms with Crippen LogP contribution in [0.2, 0.25) is 5.04 Å². The molecule has 0 fully saturated rings. The van der Waals surface area contributed by atoms with Crippen molar-refractivity contribution >= 4 is 18.8 Å². The van der Waals surface area contributed by atoms with Crippen molar-refractivity contribution in [2.24, 2.45) is 0 Å². The second-order valence-electron chi connectivity index (χ2n) is 3.97. The molecule has 0 aromatic carbocycles. The van der Waals surface area contributed by atoms with Crippen molar-refractivity contribution in [2.75, 3.05) is 13.1 Å². The molecule has 0 saturated heterocycles. The summed E-state index contributed by atoms with van der Waals surface area (Å²) in [4.78, 5) is 6.79. The van der Waals surface area contributed by atoms with E-state index in [-0.39, 0.29) is 5.04 Å². The van der Waals surface area contributed by atoms with E-state index in [1.807, 2.05) is 0 Å². The fourth-order valence-corrected chi connectivity index (χ4v) is 4.04. The van der Waals surface area contributed by atoms with Crippen molar-refractivity contribution in [3.05, 3.63) is 0 Å². The summed E-state index contributed by atoms with van der Waals surface area (Å²) in [7, 11) is -1.98. The van der Waals surface area contributed by atoms with E-state index in [1.165, 1.54) is 0 Å². The quantitative estimate of drug-likeness (QED) is 0.547. The van der Waals surface area contributed by atoms with Crippen molar-refractivity contribution in [3.8, 4) is 0 Å². The van der Waals surface area contributed by atoms with E-state index in [0.29, 0.717) is 0 Å². The molecule has 0 bridgehead atoms. The molecule has 0 radical (unpaired) electrons. The van der Waals surface area contributed by atoms with Crippen molar-refractivity contribution in [1.82, 2.24) is 9.96 Å². The molecule has 0 aliphatic rings. The molecule has 0 amide bonds. The summed E-state index contributed by atoms with van der Waals surface area (Å²) < 4.78 is 0. The lowest BCUT2D eigenvalue weighted by molar-refractivity contribution is 0.669. The smallest absolute Gasteiger partial charge is 0.307 e. The minimum atomic E-state index is -1.98. The summed E-state index contributed by atoms with van der Waals surface area (Å²) >= 11 is 6.53. The van der Waals surface area contributed by atoms with E-state index in [1.54, 1.807) is 0 Å². The summed E-state index contributed by atoms with van der Waals surface area (Å²) in [5.74, 6) is 0. The Balaban J connectivity index is 4.38. The van der Waals surface area contributed by atoms with Gasteiger partial charge in [-0.25, -0.2) is 0 Å². The molecule has 0 aromatic rings. The van der Waals surface area contributed by atoms with Gasteiger partial charge in [0.25, 0.3) is 0 Å². The maximum absolute atomic E-state index is 6.53. The predicted octanol–water partition coefficient (Wildman–Crippen LogP) is 2.18. The van der Waals surface area contributed by atoms with Crippen molar-refractivity contribution < 1.29 is 0 Å². The van der Waals surface area contributed by atoms with E-state index in [9.17, 15) is 0 Å². The summed E-state index contributed by atoms with van der Waals surface area (Å²) in [6.07, 6.45) is 0. The molecule has 2 nitrogen and oxygen atoms in total. The minimum absolute atomic E-state index is 0.139. The number of hydrogen-bond acceptors (Lipinski definition) is 2. The van der Waals surface area contributed by atoms with Crippen molar-refractivity contribution in [3.63, 3.8) is 0 Å². The highest BCUT2D eigenvalue weighted by molar-refractivity contribution is 7.19. The molecule has 0 unspecified atom stereocenters. The Hall–Kier alpha value is 0.427. The van der Waals surface area contributed by atoms with Crippen LogP contribution < -0.4 is 9.96 Å². The average molecular weight is 209 g/mol. The van der Waals surface area contributed by atoms with E-state index in [4.69, 9.17) is 11.1 Å². The van der Waals surface area contributed by atoms with Crippen LogP contribution in [0.4, 0.5) is 0 Å². The van der Waals surface area contributed by atoms with Crippen LogP contribution in [0.25, 0.3) is 0 Å². The van der Waals surface area contributed by atoms with E-state index < -0.39 is 7.71 Å². The predicted molar refractivity (Wildman–Crippen MR) is 58.7 cm³/mol. The lowest BCUT2D eigenvalue weighted by atomic mass is 10.3. The minimum Gasteiger partial charge on any atom is -0.313 e. The van der Waals surface area contributed by atoms with Gasteiger partial charge in [-0.2, -0.15) is 0 Å². The van der Waals surface area contributed by atoms with Gasteiger partial charge < -0.3 is 9.96 Å².